The van der Waals surface area contributed by atoms with E-state index < -0.39 is 5.97 Å². The van der Waals surface area contributed by atoms with Gasteiger partial charge in [0.2, 0.25) is 0 Å². The fraction of sp³-hybridized carbons (Fsp3) is 0.545. The molecule has 0 aromatic carbocycles. The van der Waals surface area contributed by atoms with Crippen molar-refractivity contribution in [3.8, 4) is 0 Å². The van der Waals surface area contributed by atoms with Gasteiger partial charge in [-0.2, -0.15) is 0 Å². The van der Waals surface area contributed by atoms with Gasteiger partial charge in [0.05, 0.1) is 18.3 Å². The van der Waals surface area contributed by atoms with Crippen LogP contribution in [0.3, 0.4) is 0 Å². The second-order valence-corrected chi connectivity index (χ2v) is 4.06. The highest BCUT2D eigenvalue weighted by atomic mass is 16.4. The van der Waals surface area contributed by atoms with Gasteiger partial charge in [0.25, 0.3) is 0 Å². The minimum atomic E-state index is -0.799. The van der Waals surface area contributed by atoms with Gasteiger partial charge in [0, 0.05) is 19.4 Å². The molecule has 0 saturated carbocycles. The van der Waals surface area contributed by atoms with Gasteiger partial charge in [0.15, 0.2) is 0 Å². The van der Waals surface area contributed by atoms with E-state index in [9.17, 15) is 4.79 Å². The van der Waals surface area contributed by atoms with Gasteiger partial charge >= 0.3 is 5.97 Å². The molecule has 0 bridgehead atoms. The summed E-state index contributed by atoms with van der Waals surface area (Å²) in [7, 11) is 1.80. The largest absolute Gasteiger partial charge is 0.480 e. The maximum absolute atomic E-state index is 10.8. The molecule has 6 nitrogen and oxygen atoms in total. The first-order valence-electron chi connectivity index (χ1n) is 5.67. The topological polar surface area (TPSA) is 78.4 Å². The lowest BCUT2D eigenvalue weighted by Crippen LogP contribution is -2.30. The number of likely N-dealkylation sites (tertiary alicyclic amines) is 1. The fourth-order valence-corrected chi connectivity index (χ4v) is 2.28. The summed E-state index contributed by atoms with van der Waals surface area (Å²) in [5, 5.41) is 11.9. The van der Waals surface area contributed by atoms with Gasteiger partial charge < -0.3 is 10.4 Å². The Kier molecular flexibility index (Phi) is 3.53. The van der Waals surface area contributed by atoms with Crippen molar-refractivity contribution in [3.05, 3.63) is 18.1 Å². The van der Waals surface area contributed by atoms with Gasteiger partial charge in [-0.3, -0.25) is 14.7 Å². The average molecular weight is 236 g/mol. The summed E-state index contributed by atoms with van der Waals surface area (Å²) in [6, 6.07) is 0.0576. The number of carbonyl (C=O) groups is 1. The second-order valence-electron chi connectivity index (χ2n) is 4.06. The van der Waals surface area contributed by atoms with E-state index in [1.807, 2.05) is 4.90 Å². The Bertz CT molecular complexity index is 410. The minimum absolute atomic E-state index is 0.0576. The molecule has 2 rings (SSSR count). The van der Waals surface area contributed by atoms with Crippen LogP contribution in [0.25, 0.3) is 0 Å². The predicted molar refractivity (Wildman–Crippen MR) is 62.8 cm³/mol. The zero-order valence-corrected chi connectivity index (χ0v) is 9.76. The summed E-state index contributed by atoms with van der Waals surface area (Å²) in [6.45, 7) is 0.862. The van der Waals surface area contributed by atoms with Crippen molar-refractivity contribution in [2.75, 3.05) is 25.5 Å². The van der Waals surface area contributed by atoms with Crippen LogP contribution in [0.4, 0.5) is 5.82 Å². The van der Waals surface area contributed by atoms with Crippen molar-refractivity contribution >= 4 is 11.8 Å². The Hall–Kier alpha value is -1.69. The number of rotatable bonds is 4. The zero-order chi connectivity index (χ0) is 12.3. The first kappa shape index (κ1) is 11.8. The van der Waals surface area contributed by atoms with Crippen LogP contribution in [-0.4, -0.2) is 46.1 Å². The van der Waals surface area contributed by atoms with Gasteiger partial charge in [-0.05, 0) is 19.4 Å². The lowest BCUT2D eigenvalue weighted by Gasteiger charge is -2.23. The number of aliphatic carboxylic acids is 1. The minimum Gasteiger partial charge on any atom is -0.480 e. The van der Waals surface area contributed by atoms with Gasteiger partial charge in [-0.1, -0.05) is 0 Å². The molecule has 0 aliphatic carbocycles. The smallest absolute Gasteiger partial charge is 0.317 e. The van der Waals surface area contributed by atoms with Crippen molar-refractivity contribution in [2.24, 2.45) is 0 Å². The first-order valence-corrected chi connectivity index (χ1v) is 5.67. The van der Waals surface area contributed by atoms with Crippen LogP contribution in [0.1, 0.15) is 24.6 Å². The number of hydrogen-bond donors (Lipinski definition) is 2. The molecule has 1 saturated heterocycles. The molecule has 1 aromatic rings. The molecule has 17 heavy (non-hydrogen) atoms. The molecule has 6 heteroatoms. The maximum Gasteiger partial charge on any atom is 0.317 e. The number of carboxylic acids is 1. The Morgan fingerprint density at radius 2 is 2.35 bits per heavy atom. The van der Waals surface area contributed by atoms with Gasteiger partial charge in [-0.15, -0.1) is 0 Å². The van der Waals surface area contributed by atoms with E-state index in [4.69, 9.17) is 5.11 Å². The third-order valence-electron chi connectivity index (χ3n) is 2.98. The van der Waals surface area contributed by atoms with Crippen LogP contribution in [0.2, 0.25) is 0 Å². The third-order valence-corrected chi connectivity index (χ3v) is 2.98. The number of anilines is 1. The van der Waals surface area contributed by atoms with E-state index >= 15 is 0 Å². The third kappa shape index (κ3) is 2.52. The van der Waals surface area contributed by atoms with Crippen LogP contribution >= 0.6 is 0 Å². The Labute approximate surface area is 99.7 Å². The molecule has 0 spiro atoms. The molecule has 1 aliphatic heterocycles. The lowest BCUT2D eigenvalue weighted by molar-refractivity contribution is -0.138. The highest BCUT2D eigenvalue weighted by molar-refractivity contribution is 5.69. The lowest BCUT2D eigenvalue weighted by atomic mass is 10.1. The van der Waals surface area contributed by atoms with Crippen LogP contribution in [0.15, 0.2) is 12.4 Å². The average Bonchev–Trinajstić information content (AvgIpc) is 2.76. The Morgan fingerprint density at radius 3 is 3.06 bits per heavy atom. The molecule has 1 atom stereocenters. The molecule has 1 aliphatic rings. The first-order chi connectivity index (χ1) is 8.22. The molecule has 92 valence electrons. The normalized spacial score (nSPS) is 20.4. The number of hydrogen-bond acceptors (Lipinski definition) is 5. The number of nitrogens with zero attached hydrogens (tertiary/aromatic N) is 3. The van der Waals surface area contributed by atoms with Crippen LogP contribution < -0.4 is 5.32 Å². The van der Waals surface area contributed by atoms with Gasteiger partial charge in [-0.25, -0.2) is 4.98 Å². The summed E-state index contributed by atoms with van der Waals surface area (Å²) in [5.74, 6) is -0.0680. The van der Waals surface area contributed by atoms with Crippen molar-refractivity contribution < 1.29 is 9.90 Å². The van der Waals surface area contributed by atoms with E-state index in [0.29, 0.717) is 0 Å². The Balaban J connectivity index is 2.22. The molecule has 2 N–H and O–H groups in total. The monoisotopic (exact) mass is 236 g/mol. The van der Waals surface area contributed by atoms with Crippen molar-refractivity contribution in [2.45, 2.75) is 18.9 Å². The maximum atomic E-state index is 10.8. The van der Waals surface area contributed by atoms with Crippen molar-refractivity contribution in [1.29, 1.82) is 0 Å². The van der Waals surface area contributed by atoms with E-state index in [0.717, 1.165) is 30.9 Å². The summed E-state index contributed by atoms with van der Waals surface area (Å²) >= 11 is 0. The number of carboxylic acid groups (broad SMARTS) is 1. The number of aromatic nitrogens is 2. The Morgan fingerprint density at radius 1 is 1.59 bits per heavy atom. The van der Waals surface area contributed by atoms with Crippen LogP contribution in [0, 0.1) is 0 Å². The summed E-state index contributed by atoms with van der Waals surface area (Å²) < 4.78 is 0. The highest BCUT2D eigenvalue weighted by Gasteiger charge is 2.30. The standard InChI is InChI=1S/C11H16N4O2/c1-12-11-10(13-4-5-14-11)8-3-2-6-15(8)7-9(16)17/h4-5,8H,2-3,6-7H2,1H3,(H,12,14)(H,16,17). The molecular weight excluding hydrogens is 220 g/mol. The summed E-state index contributed by atoms with van der Waals surface area (Å²) in [6.07, 6.45) is 5.21. The molecule has 0 radical (unpaired) electrons. The number of nitrogens with one attached hydrogen (secondary N) is 1. The van der Waals surface area contributed by atoms with Crippen molar-refractivity contribution in [1.82, 2.24) is 14.9 Å². The van der Waals surface area contributed by atoms with Crippen LogP contribution in [-0.2, 0) is 4.79 Å². The molecular formula is C11H16N4O2. The fourth-order valence-electron chi connectivity index (χ4n) is 2.28. The zero-order valence-electron chi connectivity index (χ0n) is 9.76. The van der Waals surface area contributed by atoms with Crippen LogP contribution in [0.5, 0.6) is 0 Å². The summed E-state index contributed by atoms with van der Waals surface area (Å²) in [4.78, 5) is 21.3. The van der Waals surface area contributed by atoms with E-state index in [2.05, 4.69) is 15.3 Å². The van der Waals surface area contributed by atoms with Gasteiger partial charge in [0.1, 0.15) is 5.82 Å². The molecule has 1 unspecified atom stereocenters. The molecule has 1 aromatic heterocycles. The second kappa shape index (κ2) is 5.09. The molecule has 1 fully saturated rings. The van der Waals surface area contributed by atoms with E-state index in [1.54, 1.807) is 19.4 Å². The quantitative estimate of drug-likeness (QED) is 0.802. The van der Waals surface area contributed by atoms with E-state index in [1.165, 1.54) is 0 Å². The highest BCUT2D eigenvalue weighted by Crippen LogP contribution is 2.33. The predicted octanol–water partition coefficient (Wildman–Crippen LogP) is 0.740. The van der Waals surface area contributed by atoms with Crippen molar-refractivity contribution in [3.63, 3.8) is 0 Å². The SMILES string of the molecule is CNc1nccnc1C1CCCN1CC(=O)O. The summed E-state index contributed by atoms with van der Waals surface area (Å²) in [5.41, 5.74) is 0.841. The van der Waals surface area contributed by atoms with E-state index in [-0.39, 0.29) is 12.6 Å². The molecule has 2 heterocycles. The molecule has 0 amide bonds.